The topological polar surface area (TPSA) is 83.5 Å². The van der Waals surface area contributed by atoms with Gasteiger partial charge in [0.25, 0.3) is 0 Å². The first-order valence-electron chi connectivity index (χ1n) is 3.85. The van der Waals surface area contributed by atoms with Gasteiger partial charge in [-0.15, -0.1) is 11.3 Å². The van der Waals surface area contributed by atoms with E-state index in [9.17, 15) is 9.90 Å². The lowest BCUT2D eigenvalue weighted by atomic mass is 10.1. The number of halogens is 1. The molecule has 0 spiro atoms. The fourth-order valence-corrected chi connectivity index (χ4v) is 2.70. The SMILES string of the molecule is Cc1csc(C(O)C(N)C(=O)O)c1Br. The molecule has 0 saturated heterocycles. The number of aliphatic carboxylic acids is 1. The van der Waals surface area contributed by atoms with Crippen molar-refractivity contribution >= 4 is 33.2 Å². The maximum atomic E-state index is 10.5. The number of carboxylic acids is 1. The van der Waals surface area contributed by atoms with Crippen LogP contribution in [-0.2, 0) is 4.79 Å². The molecular formula is C8H10BrNO3S. The van der Waals surface area contributed by atoms with Crippen molar-refractivity contribution < 1.29 is 15.0 Å². The van der Waals surface area contributed by atoms with E-state index >= 15 is 0 Å². The molecule has 0 saturated carbocycles. The lowest BCUT2D eigenvalue weighted by molar-refractivity contribution is -0.141. The zero-order valence-electron chi connectivity index (χ0n) is 7.40. The Hall–Kier alpha value is -0.430. The molecule has 1 aromatic rings. The Labute approximate surface area is 93.5 Å². The van der Waals surface area contributed by atoms with E-state index in [1.54, 1.807) is 0 Å². The zero-order chi connectivity index (χ0) is 10.9. The van der Waals surface area contributed by atoms with Crippen molar-refractivity contribution in [2.24, 2.45) is 5.73 Å². The molecule has 0 aliphatic rings. The highest BCUT2D eigenvalue weighted by atomic mass is 79.9. The quantitative estimate of drug-likeness (QED) is 0.778. The van der Waals surface area contributed by atoms with Crippen LogP contribution in [0.4, 0.5) is 0 Å². The van der Waals surface area contributed by atoms with Gasteiger partial charge in [-0.25, -0.2) is 0 Å². The maximum absolute atomic E-state index is 10.5. The fourth-order valence-electron chi connectivity index (χ4n) is 0.947. The molecule has 2 atom stereocenters. The first-order chi connectivity index (χ1) is 6.45. The number of thiophene rings is 1. The molecule has 0 aliphatic carbocycles. The van der Waals surface area contributed by atoms with Gasteiger partial charge >= 0.3 is 5.97 Å². The molecule has 4 N–H and O–H groups in total. The van der Waals surface area contributed by atoms with Gasteiger partial charge in [0.1, 0.15) is 12.1 Å². The number of aliphatic hydroxyl groups is 1. The van der Waals surface area contributed by atoms with Crippen LogP contribution >= 0.6 is 27.3 Å². The van der Waals surface area contributed by atoms with Crippen LogP contribution < -0.4 is 5.73 Å². The Morgan fingerprint density at radius 2 is 2.29 bits per heavy atom. The summed E-state index contributed by atoms with van der Waals surface area (Å²) < 4.78 is 0.728. The van der Waals surface area contributed by atoms with Crippen molar-refractivity contribution in [2.75, 3.05) is 0 Å². The van der Waals surface area contributed by atoms with E-state index in [1.165, 1.54) is 11.3 Å². The van der Waals surface area contributed by atoms with Gasteiger partial charge in [-0.2, -0.15) is 0 Å². The van der Waals surface area contributed by atoms with Crippen molar-refractivity contribution in [1.82, 2.24) is 0 Å². The lowest BCUT2D eigenvalue weighted by Crippen LogP contribution is -2.36. The van der Waals surface area contributed by atoms with Crippen molar-refractivity contribution in [3.8, 4) is 0 Å². The van der Waals surface area contributed by atoms with Gasteiger partial charge in [0.15, 0.2) is 0 Å². The maximum Gasteiger partial charge on any atom is 0.323 e. The Kier molecular flexibility index (Phi) is 3.65. The van der Waals surface area contributed by atoms with Crippen LogP contribution in [0.1, 0.15) is 16.5 Å². The summed E-state index contributed by atoms with van der Waals surface area (Å²) in [5.74, 6) is -1.21. The van der Waals surface area contributed by atoms with E-state index in [2.05, 4.69) is 15.9 Å². The van der Waals surface area contributed by atoms with Crippen LogP contribution in [0.25, 0.3) is 0 Å². The summed E-state index contributed by atoms with van der Waals surface area (Å²) >= 11 is 4.56. The number of carbonyl (C=O) groups is 1. The van der Waals surface area contributed by atoms with E-state index in [4.69, 9.17) is 10.8 Å². The van der Waals surface area contributed by atoms with E-state index < -0.39 is 18.1 Å². The summed E-state index contributed by atoms with van der Waals surface area (Å²) in [7, 11) is 0. The van der Waals surface area contributed by atoms with Crippen molar-refractivity contribution in [3.05, 3.63) is 20.3 Å². The minimum atomic E-state index is -1.29. The van der Waals surface area contributed by atoms with Gasteiger partial charge < -0.3 is 15.9 Å². The monoisotopic (exact) mass is 279 g/mol. The largest absolute Gasteiger partial charge is 0.480 e. The summed E-state index contributed by atoms with van der Waals surface area (Å²) in [6, 6.07) is -1.29. The molecular weight excluding hydrogens is 270 g/mol. The van der Waals surface area contributed by atoms with Crippen LogP contribution in [0.15, 0.2) is 9.85 Å². The molecule has 14 heavy (non-hydrogen) atoms. The van der Waals surface area contributed by atoms with Crippen molar-refractivity contribution in [2.45, 2.75) is 19.1 Å². The highest BCUT2D eigenvalue weighted by Gasteiger charge is 2.26. The summed E-state index contributed by atoms with van der Waals surface area (Å²) in [4.78, 5) is 11.1. The van der Waals surface area contributed by atoms with Gasteiger partial charge in [-0.3, -0.25) is 4.79 Å². The molecule has 1 rings (SSSR count). The molecule has 0 fully saturated rings. The Balaban J connectivity index is 2.94. The Morgan fingerprint density at radius 1 is 1.71 bits per heavy atom. The summed E-state index contributed by atoms with van der Waals surface area (Å²) in [6.07, 6.45) is -1.17. The molecule has 0 radical (unpaired) electrons. The number of aliphatic hydroxyl groups excluding tert-OH is 1. The lowest BCUT2D eigenvalue weighted by Gasteiger charge is -2.13. The average molecular weight is 280 g/mol. The molecule has 0 amide bonds. The summed E-state index contributed by atoms with van der Waals surface area (Å²) in [5.41, 5.74) is 6.27. The van der Waals surface area contributed by atoms with E-state index in [0.29, 0.717) is 4.88 Å². The smallest absolute Gasteiger partial charge is 0.323 e. The second-order valence-corrected chi connectivity index (χ2v) is 4.61. The number of carboxylic acid groups (broad SMARTS) is 1. The number of hydrogen-bond acceptors (Lipinski definition) is 4. The van der Waals surface area contributed by atoms with Crippen LogP contribution in [0.2, 0.25) is 0 Å². The van der Waals surface area contributed by atoms with E-state index in [1.807, 2.05) is 12.3 Å². The molecule has 0 aliphatic heterocycles. The Morgan fingerprint density at radius 3 is 2.64 bits per heavy atom. The van der Waals surface area contributed by atoms with Crippen LogP contribution in [0, 0.1) is 6.92 Å². The first-order valence-corrected chi connectivity index (χ1v) is 5.52. The third kappa shape index (κ3) is 2.14. The second kappa shape index (κ2) is 4.39. The third-order valence-electron chi connectivity index (χ3n) is 1.82. The molecule has 4 nitrogen and oxygen atoms in total. The fraction of sp³-hybridized carbons (Fsp3) is 0.375. The zero-order valence-corrected chi connectivity index (χ0v) is 9.80. The van der Waals surface area contributed by atoms with Crippen molar-refractivity contribution in [3.63, 3.8) is 0 Å². The molecule has 6 heteroatoms. The number of hydrogen-bond donors (Lipinski definition) is 3. The molecule has 0 bridgehead atoms. The molecule has 2 unspecified atom stereocenters. The molecule has 1 heterocycles. The predicted molar refractivity (Wildman–Crippen MR) is 57.3 cm³/mol. The first kappa shape index (κ1) is 11.6. The highest BCUT2D eigenvalue weighted by Crippen LogP contribution is 2.33. The standard InChI is InChI=1S/C8H10BrNO3S/c1-3-2-14-7(4(3)9)6(11)5(10)8(12)13/h2,5-6,11H,10H2,1H3,(H,12,13). The summed E-state index contributed by atoms with van der Waals surface area (Å²) in [5, 5.41) is 20.1. The predicted octanol–water partition coefficient (Wildman–Crippen LogP) is 1.26. The normalized spacial score (nSPS) is 15.1. The second-order valence-electron chi connectivity index (χ2n) is 2.91. The van der Waals surface area contributed by atoms with Gasteiger partial charge in [0, 0.05) is 9.35 Å². The van der Waals surface area contributed by atoms with Crippen LogP contribution in [0.5, 0.6) is 0 Å². The van der Waals surface area contributed by atoms with Gasteiger partial charge in [0.2, 0.25) is 0 Å². The van der Waals surface area contributed by atoms with Gasteiger partial charge in [0.05, 0.1) is 0 Å². The molecule has 78 valence electrons. The van der Waals surface area contributed by atoms with Gasteiger partial charge in [-0.1, -0.05) is 0 Å². The number of rotatable bonds is 3. The van der Waals surface area contributed by atoms with Gasteiger partial charge in [-0.05, 0) is 33.8 Å². The Bertz CT molecular complexity index is 352. The summed E-state index contributed by atoms with van der Waals surface area (Å²) in [6.45, 7) is 1.86. The highest BCUT2D eigenvalue weighted by molar-refractivity contribution is 9.10. The number of aryl methyl sites for hydroxylation is 1. The minimum absolute atomic E-state index is 0.553. The average Bonchev–Trinajstić information content (AvgIpc) is 2.45. The van der Waals surface area contributed by atoms with E-state index in [0.717, 1.165) is 10.0 Å². The van der Waals surface area contributed by atoms with Crippen LogP contribution in [0.3, 0.4) is 0 Å². The minimum Gasteiger partial charge on any atom is -0.480 e. The molecule has 0 aromatic carbocycles. The van der Waals surface area contributed by atoms with E-state index in [-0.39, 0.29) is 0 Å². The van der Waals surface area contributed by atoms with Crippen LogP contribution in [-0.4, -0.2) is 22.2 Å². The third-order valence-corrected chi connectivity index (χ3v) is 4.31. The molecule has 1 aromatic heterocycles. The number of nitrogens with two attached hydrogens (primary N) is 1. The van der Waals surface area contributed by atoms with Crippen molar-refractivity contribution in [1.29, 1.82) is 0 Å².